The first-order valence-electron chi connectivity index (χ1n) is 2.58. The summed E-state index contributed by atoms with van der Waals surface area (Å²) in [6.07, 6.45) is 5.39. The molecule has 2 heteroatoms. The quantitative estimate of drug-likeness (QED) is 0.386. The number of aliphatic imine (C=N–C) groups is 1. The minimum atomic E-state index is 1.75. The molecule has 0 aromatic carbocycles. The topological polar surface area (TPSA) is 15.6 Å². The maximum absolute atomic E-state index is 3.91. The van der Waals surface area contributed by atoms with Crippen molar-refractivity contribution in [1.29, 1.82) is 0 Å². The van der Waals surface area contributed by atoms with E-state index in [1.54, 1.807) is 12.5 Å². The second-order valence-corrected chi connectivity index (χ2v) is 1.71. The molecule has 0 saturated heterocycles. The maximum Gasteiger partial charge on any atom is 0.0899 e. The highest BCUT2D eigenvalue weighted by atomic mass is 15.1. The van der Waals surface area contributed by atoms with Crippen LogP contribution in [0, 0.1) is 0 Å². The van der Waals surface area contributed by atoms with Crippen molar-refractivity contribution in [2.45, 2.75) is 6.92 Å². The van der Waals surface area contributed by atoms with Gasteiger partial charge in [0, 0.05) is 20.3 Å². The Bertz CT molecular complexity index is 92.7. The summed E-state index contributed by atoms with van der Waals surface area (Å²) in [4.78, 5) is 5.80. The van der Waals surface area contributed by atoms with Gasteiger partial charge in [-0.1, -0.05) is 6.08 Å². The lowest BCUT2D eigenvalue weighted by Gasteiger charge is -1.98. The molecule has 2 nitrogen and oxygen atoms in total. The van der Waals surface area contributed by atoms with Gasteiger partial charge in [0.2, 0.25) is 0 Å². The number of hydrogen-bond donors (Lipinski definition) is 0. The SMILES string of the molecule is C/C=C\N=C/N(C)C. The Morgan fingerprint density at radius 1 is 1.38 bits per heavy atom. The predicted octanol–water partition coefficient (Wildman–Crippen LogP) is 1.11. The van der Waals surface area contributed by atoms with E-state index < -0.39 is 0 Å². The van der Waals surface area contributed by atoms with Gasteiger partial charge in [0.1, 0.15) is 0 Å². The third kappa shape index (κ3) is 5.21. The van der Waals surface area contributed by atoms with Crippen LogP contribution in [-0.4, -0.2) is 25.3 Å². The van der Waals surface area contributed by atoms with Crippen molar-refractivity contribution < 1.29 is 0 Å². The van der Waals surface area contributed by atoms with Crippen molar-refractivity contribution in [1.82, 2.24) is 4.90 Å². The standard InChI is InChI=1S/C6H12N2/c1-4-5-7-6-8(2)3/h4-6H,1-3H3/b5-4-,7-6-. The fourth-order valence-electron chi connectivity index (χ4n) is 0.258. The number of nitrogens with zero attached hydrogens (tertiary/aromatic N) is 2. The summed E-state index contributed by atoms with van der Waals surface area (Å²) >= 11 is 0. The van der Waals surface area contributed by atoms with Gasteiger partial charge < -0.3 is 4.90 Å². The van der Waals surface area contributed by atoms with E-state index in [0.717, 1.165) is 0 Å². The van der Waals surface area contributed by atoms with Crippen molar-refractivity contribution in [3.63, 3.8) is 0 Å². The molecule has 0 rings (SSSR count). The minimum absolute atomic E-state index is 1.75. The van der Waals surface area contributed by atoms with Crippen molar-refractivity contribution >= 4 is 6.34 Å². The van der Waals surface area contributed by atoms with Crippen LogP contribution >= 0.6 is 0 Å². The van der Waals surface area contributed by atoms with Gasteiger partial charge in [0.15, 0.2) is 0 Å². The molecule has 0 bridgehead atoms. The van der Waals surface area contributed by atoms with Gasteiger partial charge in [-0.05, 0) is 6.92 Å². The van der Waals surface area contributed by atoms with Gasteiger partial charge in [0.05, 0.1) is 6.34 Å². The highest BCUT2D eigenvalue weighted by Gasteiger charge is 1.69. The van der Waals surface area contributed by atoms with Crippen LogP contribution < -0.4 is 0 Å². The number of rotatable bonds is 2. The fraction of sp³-hybridized carbons (Fsp3) is 0.500. The first kappa shape index (κ1) is 7.21. The van der Waals surface area contributed by atoms with Crippen LogP contribution in [0.4, 0.5) is 0 Å². The zero-order valence-corrected chi connectivity index (χ0v) is 5.63. The molecule has 0 aliphatic carbocycles. The molecule has 0 atom stereocenters. The highest BCUT2D eigenvalue weighted by Crippen LogP contribution is 1.71. The van der Waals surface area contributed by atoms with E-state index in [-0.39, 0.29) is 0 Å². The summed E-state index contributed by atoms with van der Waals surface area (Å²) in [6, 6.07) is 0. The van der Waals surface area contributed by atoms with Crippen LogP contribution in [0.25, 0.3) is 0 Å². The van der Waals surface area contributed by atoms with Crippen molar-refractivity contribution in [2.24, 2.45) is 4.99 Å². The molecule has 0 aromatic heterocycles. The highest BCUT2D eigenvalue weighted by molar-refractivity contribution is 5.54. The van der Waals surface area contributed by atoms with Gasteiger partial charge in [-0.2, -0.15) is 0 Å². The third-order valence-electron chi connectivity index (χ3n) is 0.533. The molecule has 0 unspecified atom stereocenters. The molecular formula is C6H12N2. The summed E-state index contributed by atoms with van der Waals surface area (Å²) in [5.41, 5.74) is 0. The Labute approximate surface area is 50.5 Å². The second kappa shape index (κ2) is 4.37. The molecule has 0 amide bonds. The Morgan fingerprint density at radius 3 is 2.38 bits per heavy atom. The number of hydrogen-bond acceptors (Lipinski definition) is 1. The average molecular weight is 112 g/mol. The molecule has 0 spiro atoms. The van der Waals surface area contributed by atoms with Crippen LogP contribution in [0.5, 0.6) is 0 Å². The van der Waals surface area contributed by atoms with E-state index >= 15 is 0 Å². The molecule has 0 heterocycles. The smallest absolute Gasteiger partial charge is 0.0899 e. The molecule has 0 radical (unpaired) electrons. The van der Waals surface area contributed by atoms with E-state index in [9.17, 15) is 0 Å². The van der Waals surface area contributed by atoms with E-state index in [1.807, 2.05) is 32.0 Å². The minimum Gasteiger partial charge on any atom is -0.369 e. The van der Waals surface area contributed by atoms with E-state index in [0.29, 0.717) is 0 Å². The normalized spacial score (nSPS) is 11.4. The van der Waals surface area contributed by atoms with E-state index in [1.165, 1.54) is 0 Å². The van der Waals surface area contributed by atoms with Crippen molar-refractivity contribution in [3.05, 3.63) is 12.3 Å². The third-order valence-corrected chi connectivity index (χ3v) is 0.533. The molecule has 0 aliphatic heterocycles. The van der Waals surface area contributed by atoms with Gasteiger partial charge in [-0.25, -0.2) is 4.99 Å². The lowest BCUT2D eigenvalue weighted by molar-refractivity contribution is 0.643. The Balaban J connectivity index is 3.34. The lowest BCUT2D eigenvalue weighted by Crippen LogP contribution is -2.06. The first-order valence-corrected chi connectivity index (χ1v) is 2.58. The largest absolute Gasteiger partial charge is 0.369 e. The maximum atomic E-state index is 3.91. The van der Waals surface area contributed by atoms with Crippen LogP contribution in [0.15, 0.2) is 17.3 Å². The van der Waals surface area contributed by atoms with Gasteiger partial charge in [-0.3, -0.25) is 0 Å². The van der Waals surface area contributed by atoms with Crippen LogP contribution in [0.3, 0.4) is 0 Å². The summed E-state index contributed by atoms with van der Waals surface area (Å²) in [5, 5.41) is 0. The Kier molecular flexibility index (Phi) is 3.94. The second-order valence-electron chi connectivity index (χ2n) is 1.71. The molecular weight excluding hydrogens is 100 g/mol. The number of allylic oxidation sites excluding steroid dienone is 1. The van der Waals surface area contributed by atoms with Crippen LogP contribution in [0.2, 0.25) is 0 Å². The van der Waals surface area contributed by atoms with E-state index in [4.69, 9.17) is 0 Å². The predicted molar refractivity (Wildman–Crippen MR) is 37.0 cm³/mol. The van der Waals surface area contributed by atoms with Crippen molar-refractivity contribution in [3.8, 4) is 0 Å². The molecule has 0 fully saturated rings. The molecule has 0 aliphatic rings. The first-order chi connectivity index (χ1) is 3.77. The fourth-order valence-corrected chi connectivity index (χ4v) is 0.258. The monoisotopic (exact) mass is 112 g/mol. The summed E-state index contributed by atoms with van der Waals surface area (Å²) in [5.74, 6) is 0. The van der Waals surface area contributed by atoms with Gasteiger partial charge in [-0.15, -0.1) is 0 Å². The van der Waals surface area contributed by atoms with Crippen LogP contribution in [-0.2, 0) is 0 Å². The zero-order chi connectivity index (χ0) is 6.41. The molecule has 0 saturated carbocycles. The molecule has 8 heavy (non-hydrogen) atoms. The molecule has 0 N–H and O–H groups in total. The van der Waals surface area contributed by atoms with Crippen LogP contribution in [0.1, 0.15) is 6.92 Å². The van der Waals surface area contributed by atoms with Crippen molar-refractivity contribution in [2.75, 3.05) is 14.1 Å². The van der Waals surface area contributed by atoms with Gasteiger partial charge in [0.25, 0.3) is 0 Å². The lowest BCUT2D eigenvalue weighted by atomic mass is 10.7. The summed E-state index contributed by atoms with van der Waals surface area (Å²) in [7, 11) is 3.88. The molecule has 46 valence electrons. The zero-order valence-electron chi connectivity index (χ0n) is 5.63. The van der Waals surface area contributed by atoms with Gasteiger partial charge >= 0.3 is 0 Å². The van der Waals surface area contributed by atoms with E-state index in [2.05, 4.69) is 4.99 Å². The summed E-state index contributed by atoms with van der Waals surface area (Å²) in [6.45, 7) is 1.94. The Hall–Kier alpha value is -0.790. The Morgan fingerprint density at radius 2 is 2.00 bits per heavy atom. The summed E-state index contributed by atoms with van der Waals surface area (Å²) < 4.78 is 0. The molecule has 0 aromatic rings. The average Bonchev–Trinajstić information content (AvgIpc) is 1.66.